The Bertz CT molecular complexity index is 313. The van der Waals surface area contributed by atoms with Crippen molar-refractivity contribution in [3.05, 3.63) is 12.2 Å². The van der Waals surface area contributed by atoms with Crippen molar-refractivity contribution in [3.8, 4) is 0 Å². The van der Waals surface area contributed by atoms with Crippen molar-refractivity contribution in [3.63, 3.8) is 0 Å². The van der Waals surface area contributed by atoms with Gasteiger partial charge in [-0.15, -0.1) is 0 Å². The molecule has 0 unspecified atom stereocenters. The third-order valence-corrected chi connectivity index (χ3v) is 4.19. The van der Waals surface area contributed by atoms with Crippen LogP contribution < -0.4 is 5.32 Å². The first-order valence-corrected chi connectivity index (χ1v) is 8.19. The molecule has 0 amide bonds. The normalized spacial score (nSPS) is 13.4. The van der Waals surface area contributed by atoms with Gasteiger partial charge in [0.1, 0.15) is 9.84 Å². The Hall–Kier alpha value is -0.350. The van der Waals surface area contributed by atoms with E-state index in [1.54, 1.807) is 6.92 Å². The second-order valence-electron chi connectivity index (χ2n) is 5.32. The van der Waals surface area contributed by atoms with Crippen LogP contribution in [0.4, 0.5) is 0 Å². The highest BCUT2D eigenvalue weighted by Gasteiger charge is 2.06. The largest absolute Gasteiger partial charge is 0.312 e. The van der Waals surface area contributed by atoms with Crippen LogP contribution >= 0.6 is 0 Å². The zero-order valence-corrected chi connectivity index (χ0v) is 12.4. The molecule has 0 spiro atoms. The molecule has 17 heavy (non-hydrogen) atoms. The van der Waals surface area contributed by atoms with Gasteiger partial charge in [-0.1, -0.05) is 19.1 Å². The number of hydrogen-bond acceptors (Lipinski definition) is 3. The Morgan fingerprint density at radius 3 is 2.24 bits per heavy atom. The lowest BCUT2D eigenvalue weighted by molar-refractivity contribution is 0.431. The Kier molecular flexibility index (Phi) is 7.71. The minimum atomic E-state index is -2.78. The van der Waals surface area contributed by atoms with Crippen LogP contribution in [-0.4, -0.2) is 32.0 Å². The van der Waals surface area contributed by atoms with Gasteiger partial charge in [-0.05, 0) is 46.6 Å². The highest BCUT2D eigenvalue weighted by Crippen LogP contribution is 2.00. The molecule has 0 fully saturated rings. The van der Waals surface area contributed by atoms with Crippen LogP contribution in [0.15, 0.2) is 12.2 Å². The van der Waals surface area contributed by atoms with Gasteiger partial charge in [-0.2, -0.15) is 0 Å². The minimum absolute atomic E-state index is 0.170. The topological polar surface area (TPSA) is 46.2 Å². The zero-order valence-electron chi connectivity index (χ0n) is 11.6. The smallest absolute Gasteiger partial charge is 0.150 e. The predicted octanol–water partition coefficient (Wildman–Crippen LogP) is 2.54. The third-order valence-electron chi connectivity index (χ3n) is 2.40. The maximum Gasteiger partial charge on any atom is 0.150 e. The second kappa shape index (κ2) is 7.88. The summed E-state index contributed by atoms with van der Waals surface area (Å²) in [5, 5.41) is 3.40. The molecule has 0 saturated carbocycles. The van der Waals surface area contributed by atoms with Crippen LogP contribution in [0.2, 0.25) is 0 Å². The molecule has 0 aliphatic heterocycles. The van der Waals surface area contributed by atoms with Crippen molar-refractivity contribution in [1.82, 2.24) is 5.32 Å². The lowest BCUT2D eigenvalue weighted by Crippen LogP contribution is -2.36. The van der Waals surface area contributed by atoms with E-state index in [4.69, 9.17) is 0 Å². The van der Waals surface area contributed by atoms with E-state index in [0.717, 1.165) is 25.8 Å². The van der Waals surface area contributed by atoms with Crippen LogP contribution in [0.5, 0.6) is 0 Å². The fraction of sp³-hybridized carbons (Fsp3) is 0.846. The Morgan fingerprint density at radius 1 is 1.12 bits per heavy atom. The SMILES string of the molecule is CCS(=O)(=O)CCCC=CCCNC(C)(C)C. The summed E-state index contributed by atoms with van der Waals surface area (Å²) in [6, 6.07) is 0. The molecular weight excluding hydrogens is 234 g/mol. The molecule has 0 bridgehead atoms. The summed E-state index contributed by atoms with van der Waals surface area (Å²) in [6.07, 6.45) is 6.79. The van der Waals surface area contributed by atoms with E-state index >= 15 is 0 Å². The van der Waals surface area contributed by atoms with Crippen LogP contribution in [0.1, 0.15) is 47.0 Å². The molecule has 1 N–H and O–H groups in total. The van der Waals surface area contributed by atoms with Gasteiger partial charge >= 0.3 is 0 Å². The van der Waals surface area contributed by atoms with Gasteiger partial charge < -0.3 is 5.32 Å². The van der Waals surface area contributed by atoms with Gasteiger partial charge in [0, 0.05) is 11.3 Å². The summed E-state index contributed by atoms with van der Waals surface area (Å²) in [6.45, 7) is 9.10. The van der Waals surface area contributed by atoms with E-state index in [-0.39, 0.29) is 11.3 Å². The maximum atomic E-state index is 11.2. The average Bonchev–Trinajstić information content (AvgIpc) is 2.20. The summed E-state index contributed by atoms with van der Waals surface area (Å²) in [5.41, 5.74) is 0.170. The maximum absolute atomic E-state index is 11.2. The van der Waals surface area contributed by atoms with Crippen molar-refractivity contribution in [2.24, 2.45) is 0 Å². The van der Waals surface area contributed by atoms with Crippen LogP contribution in [0.3, 0.4) is 0 Å². The summed E-state index contributed by atoms with van der Waals surface area (Å²) in [7, 11) is -2.78. The molecule has 4 heteroatoms. The molecule has 0 heterocycles. The molecule has 0 aromatic heterocycles. The summed E-state index contributed by atoms with van der Waals surface area (Å²) >= 11 is 0. The monoisotopic (exact) mass is 261 g/mol. The van der Waals surface area contributed by atoms with Crippen molar-refractivity contribution in [2.45, 2.75) is 52.5 Å². The van der Waals surface area contributed by atoms with Crippen LogP contribution in [-0.2, 0) is 9.84 Å². The Labute approximate surface area is 107 Å². The lowest BCUT2D eigenvalue weighted by Gasteiger charge is -2.19. The lowest BCUT2D eigenvalue weighted by atomic mass is 10.1. The molecule has 3 nitrogen and oxygen atoms in total. The third kappa shape index (κ3) is 11.9. The van der Waals surface area contributed by atoms with Crippen molar-refractivity contribution in [2.75, 3.05) is 18.1 Å². The van der Waals surface area contributed by atoms with Gasteiger partial charge in [0.05, 0.1) is 5.75 Å². The molecule has 102 valence electrons. The van der Waals surface area contributed by atoms with Gasteiger partial charge in [-0.25, -0.2) is 8.42 Å². The fourth-order valence-electron chi connectivity index (χ4n) is 1.33. The molecule has 0 aliphatic carbocycles. The Morgan fingerprint density at radius 2 is 1.71 bits per heavy atom. The molecule has 0 radical (unpaired) electrons. The predicted molar refractivity (Wildman–Crippen MR) is 75.1 cm³/mol. The van der Waals surface area contributed by atoms with Gasteiger partial charge in [0.25, 0.3) is 0 Å². The van der Waals surface area contributed by atoms with E-state index in [9.17, 15) is 8.42 Å². The quantitative estimate of drug-likeness (QED) is 0.539. The first kappa shape index (κ1) is 16.6. The average molecular weight is 261 g/mol. The number of allylic oxidation sites excluding steroid dienone is 1. The second-order valence-corrected chi connectivity index (χ2v) is 7.79. The van der Waals surface area contributed by atoms with E-state index in [1.165, 1.54) is 0 Å². The fourth-order valence-corrected chi connectivity index (χ4v) is 2.23. The van der Waals surface area contributed by atoms with Crippen LogP contribution in [0.25, 0.3) is 0 Å². The van der Waals surface area contributed by atoms with Crippen LogP contribution in [0, 0.1) is 0 Å². The van der Waals surface area contributed by atoms with Crippen molar-refractivity contribution in [1.29, 1.82) is 0 Å². The highest BCUT2D eigenvalue weighted by molar-refractivity contribution is 7.91. The molecular formula is C13H27NO2S. The van der Waals surface area contributed by atoms with Gasteiger partial charge in [0.2, 0.25) is 0 Å². The van der Waals surface area contributed by atoms with Gasteiger partial charge in [0.15, 0.2) is 0 Å². The zero-order chi connectivity index (χ0) is 13.4. The summed E-state index contributed by atoms with van der Waals surface area (Å²) < 4.78 is 22.4. The molecule has 0 aromatic carbocycles. The number of nitrogens with one attached hydrogen (secondary N) is 1. The van der Waals surface area contributed by atoms with E-state index in [2.05, 4.69) is 38.2 Å². The summed E-state index contributed by atoms with van der Waals surface area (Å²) in [4.78, 5) is 0. The standard InChI is InChI=1S/C13H27NO2S/c1-5-17(15,16)12-10-8-6-7-9-11-14-13(2,3)4/h6-7,14H,5,8-12H2,1-4H3. The first-order chi connectivity index (χ1) is 7.77. The number of sulfone groups is 1. The molecule has 0 rings (SSSR count). The molecule has 0 saturated heterocycles. The molecule has 0 atom stereocenters. The molecule has 0 aliphatic rings. The van der Waals surface area contributed by atoms with E-state index in [0.29, 0.717) is 5.75 Å². The first-order valence-electron chi connectivity index (χ1n) is 6.37. The van der Waals surface area contributed by atoms with Crippen molar-refractivity contribution < 1.29 is 8.42 Å². The number of hydrogen-bond donors (Lipinski definition) is 1. The van der Waals surface area contributed by atoms with Crippen molar-refractivity contribution >= 4 is 9.84 Å². The van der Waals surface area contributed by atoms with E-state index < -0.39 is 9.84 Å². The number of rotatable bonds is 8. The van der Waals surface area contributed by atoms with Gasteiger partial charge in [-0.3, -0.25) is 0 Å². The Balaban J connectivity index is 3.51. The number of unbranched alkanes of at least 4 members (excludes halogenated alkanes) is 1. The molecule has 0 aromatic rings. The highest BCUT2D eigenvalue weighted by atomic mass is 32.2. The van der Waals surface area contributed by atoms with E-state index in [1.807, 2.05) is 0 Å². The summed E-state index contributed by atoms with van der Waals surface area (Å²) in [5.74, 6) is 0.570. The minimum Gasteiger partial charge on any atom is -0.312 e.